The number of hydrogen-bond acceptors (Lipinski definition) is 4. The predicted octanol–water partition coefficient (Wildman–Crippen LogP) is 4.22. The van der Waals surface area contributed by atoms with Gasteiger partial charge in [0, 0.05) is 30.6 Å². The fourth-order valence-electron chi connectivity index (χ4n) is 3.60. The zero-order chi connectivity index (χ0) is 20.5. The molecule has 164 valence electrons. The summed E-state index contributed by atoms with van der Waals surface area (Å²) in [7, 11) is 0. The highest BCUT2D eigenvalue weighted by atomic mass is 127. The van der Waals surface area contributed by atoms with Crippen LogP contribution in [0.1, 0.15) is 43.2 Å². The van der Waals surface area contributed by atoms with E-state index in [9.17, 15) is 4.79 Å². The summed E-state index contributed by atoms with van der Waals surface area (Å²) in [6.45, 7) is 8.11. The summed E-state index contributed by atoms with van der Waals surface area (Å²) >= 11 is 1.82. The van der Waals surface area contributed by atoms with Crippen LogP contribution in [0.5, 0.6) is 0 Å². The van der Waals surface area contributed by atoms with Crippen LogP contribution < -0.4 is 16.0 Å². The second-order valence-electron chi connectivity index (χ2n) is 7.23. The molecule has 1 unspecified atom stereocenters. The molecule has 0 spiro atoms. The minimum absolute atomic E-state index is 0. The molecule has 8 heteroatoms. The largest absolute Gasteiger partial charge is 0.357 e. The summed E-state index contributed by atoms with van der Waals surface area (Å²) in [5, 5.41) is 11.9. The fraction of sp³-hybridized carbons (Fsp3) is 0.455. The molecule has 1 atom stereocenters. The highest BCUT2D eigenvalue weighted by Gasteiger charge is 2.24. The Labute approximate surface area is 200 Å². The summed E-state index contributed by atoms with van der Waals surface area (Å²) in [4.78, 5) is 20.0. The Hall–Kier alpha value is -1.65. The maximum Gasteiger partial charge on any atom is 0.221 e. The number of carbonyl (C=O) groups excluding carboxylic acids is 1. The molecule has 6 nitrogen and oxygen atoms in total. The van der Waals surface area contributed by atoms with Crippen LogP contribution in [0.3, 0.4) is 0 Å². The molecule has 0 radical (unpaired) electrons. The molecule has 2 aromatic rings. The first-order valence-electron chi connectivity index (χ1n) is 10.3. The smallest absolute Gasteiger partial charge is 0.221 e. The number of aliphatic imine (C=N–C) groups is 1. The first-order valence-corrected chi connectivity index (χ1v) is 11.2. The van der Waals surface area contributed by atoms with Gasteiger partial charge < -0.3 is 16.0 Å². The van der Waals surface area contributed by atoms with Gasteiger partial charge >= 0.3 is 0 Å². The van der Waals surface area contributed by atoms with Gasteiger partial charge in [-0.3, -0.25) is 9.69 Å². The highest BCUT2D eigenvalue weighted by molar-refractivity contribution is 14.0. The summed E-state index contributed by atoms with van der Waals surface area (Å²) in [6.07, 6.45) is 2.56. The first-order chi connectivity index (χ1) is 14.2. The molecule has 0 aliphatic carbocycles. The Morgan fingerprint density at radius 3 is 2.67 bits per heavy atom. The average molecular weight is 542 g/mol. The molecule has 30 heavy (non-hydrogen) atoms. The van der Waals surface area contributed by atoms with Crippen LogP contribution in [0.15, 0.2) is 46.8 Å². The van der Waals surface area contributed by atoms with Crippen LogP contribution in [-0.4, -0.2) is 42.9 Å². The first kappa shape index (κ1) is 24.6. The van der Waals surface area contributed by atoms with E-state index in [0.717, 1.165) is 43.4 Å². The molecule has 0 saturated carbocycles. The number of thiophene rings is 1. The minimum Gasteiger partial charge on any atom is -0.357 e. The van der Waals surface area contributed by atoms with Crippen molar-refractivity contribution in [1.82, 2.24) is 15.5 Å². The summed E-state index contributed by atoms with van der Waals surface area (Å²) < 4.78 is 0. The van der Waals surface area contributed by atoms with Gasteiger partial charge in [-0.05, 0) is 62.0 Å². The van der Waals surface area contributed by atoms with Crippen LogP contribution in [0.25, 0.3) is 0 Å². The second-order valence-corrected chi connectivity index (χ2v) is 8.21. The van der Waals surface area contributed by atoms with E-state index >= 15 is 0 Å². The van der Waals surface area contributed by atoms with Crippen molar-refractivity contribution in [2.45, 2.75) is 39.3 Å². The van der Waals surface area contributed by atoms with Crippen molar-refractivity contribution in [3.8, 4) is 0 Å². The maximum atomic E-state index is 11.3. The van der Waals surface area contributed by atoms with Crippen molar-refractivity contribution >= 4 is 52.9 Å². The Kier molecular flexibility index (Phi) is 10.6. The number of benzene rings is 1. The van der Waals surface area contributed by atoms with Gasteiger partial charge in [-0.25, -0.2) is 4.99 Å². The number of amides is 1. The van der Waals surface area contributed by atoms with Gasteiger partial charge in [0.15, 0.2) is 5.96 Å². The standard InChI is InChI=1S/C22H31N5OS.HI/c1-3-23-22(24-15-18-8-6-9-19(14-18)26-17(2)28)25-16-20(21-10-7-13-29-21)27-11-4-5-12-27;/h6-10,13-14,20H,3-5,11-12,15-16H2,1-2H3,(H,26,28)(H2,23,24,25);1H. The topological polar surface area (TPSA) is 68.8 Å². The SMILES string of the molecule is CCNC(=NCc1cccc(NC(C)=O)c1)NCC(c1cccs1)N1CCCC1.I. The third-order valence-corrected chi connectivity index (χ3v) is 5.90. The Morgan fingerprint density at radius 2 is 2.00 bits per heavy atom. The lowest BCUT2D eigenvalue weighted by Gasteiger charge is -2.27. The van der Waals surface area contributed by atoms with Crippen molar-refractivity contribution in [1.29, 1.82) is 0 Å². The summed E-state index contributed by atoms with van der Waals surface area (Å²) in [5.41, 5.74) is 1.86. The lowest BCUT2D eigenvalue weighted by molar-refractivity contribution is -0.114. The molecule has 1 fully saturated rings. The third-order valence-electron chi connectivity index (χ3n) is 4.93. The van der Waals surface area contributed by atoms with Gasteiger partial charge in [-0.2, -0.15) is 0 Å². The number of nitrogens with zero attached hydrogens (tertiary/aromatic N) is 2. The van der Waals surface area contributed by atoms with Gasteiger partial charge in [0.05, 0.1) is 12.6 Å². The zero-order valence-corrected chi connectivity index (χ0v) is 20.8. The summed E-state index contributed by atoms with van der Waals surface area (Å²) in [5.74, 6) is 0.750. The van der Waals surface area contributed by atoms with Gasteiger partial charge in [-0.1, -0.05) is 18.2 Å². The number of likely N-dealkylation sites (tertiary alicyclic amines) is 1. The number of nitrogens with one attached hydrogen (secondary N) is 3. The second kappa shape index (κ2) is 12.9. The number of rotatable bonds is 8. The van der Waals surface area contributed by atoms with E-state index in [2.05, 4.69) is 45.3 Å². The number of anilines is 1. The zero-order valence-electron chi connectivity index (χ0n) is 17.7. The molecular weight excluding hydrogens is 509 g/mol. The van der Waals surface area contributed by atoms with Gasteiger partial charge in [0.1, 0.15) is 0 Å². The lowest BCUT2D eigenvalue weighted by atomic mass is 10.2. The Bertz CT molecular complexity index is 806. The van der Waals surface area contributed by atoms with Crippen LogP contribution in [0, 0.1) is 0 Å². The van der Waals surface area contributed by atoms with Crippen molar-refractivity contribution < 1.29 is 4.79 Å². The Balaban J connectivity index is 0.00000320. The van der Waals surface area contributed by atoms with Crippen molar-refractivity contribution in [2.75, 3.05) is 31.5 Å². The molecule has 3 rings (SSSR count). The van der Waals surface area contributed by atoms with Crippen LogP contribution >= 0.6 is 35.3 Å². The van der Waals surface area contributed by atoms with E-state index in [1.807, 2.05) is 35.6 Å². The van der Waals surface area contributed by atoms with E-state index in [0.29, 0.717) is 12.6 Å². The summed E-state index contributed by atoms with van der Waals surface area (Å²) in [6, 6.07) is 12.6. The lowest BCUT2D eigenvalue weighted by Crippen LogP contribution is -2.42. The molecule has 1 aliphatic rings. The van der Waals surface area contributed by atoms with Crippen molar-refractivity contribution in [3.05, 3.63) is 52.2 Å². The highest BCUT2D eigenvalue weighted by Crippen LogP contribution is 2.27. The molecule has 1 aromatic heterocycles. The average Bonchev–Trinajstić information content (AvgIpc) is 3.41. The molecule has 1 aliphatic heterocycles. The van der Waals surface area contributed by atoms with Crippen LogP contribution in [-0.2, 0) is 11.3 Å². The predicted molar refractivity (Wildman–Crippen MR) is 137 cm³/mol. The van der Waals surface area contributed by atoms with E-state index in [1.165, 1.54) is 24.6 Å². The molecule has 3 N–H and O–H groups in total. The monoisotopic (exact) mass is 541 g/mol. The number of halogens is 1. The molecule has 2 heterocycles. The molecule has 1 saturated heterocycles. The van der Waals surface area contributed by atoms with E-state index < -0.39 is 0 Å². The van der Waals surface area contributed by atoms with Crippen LogP contribution in [0.2, 0.25) is 0 Å². The van der Waals surface area contributed by atoms with E-state index in [-0.39, 0.29) is 29.9 Å². The maximum absolute atomic E-state index is 11.3. The van der Waals surface area contributed by atoms with Gasteiger partial charge in [0.25, 0.3) is 0 Å². The third kappa shape index (κ3) is 7.55. The quantitative estimate of drug-likeness (QED) is 0.266. The normalized spacial score (nSPS) is 15.3. The van der Waals surface area contributed by atoms with Gasteiger partial charge in [0.2, 0.25) is 5.91 Å². The Morgan fingerprint density at radius 1 is 1.20 bits per heavy atom. The van der Waals surface area contributed by atoms with Crippen molar-refractivity contribution in [3.63, 3.8) is 0 Å². The van der Waals surface area contributed by atoms with Crippen LogP contribution in [0.4, 0.5) is 5.69 Å². The van der Waals surface area contributed by atoms with Crippen molar-refractivity contribution in [2.24, 2.45) is 4.99 Å². The van der Waals surface area contributed by atoms with E-state index in [4.69, 9.17) is 4.99 Å². The minimum atomic E-state index is -0.0674. The molecular formula is C22H32IN5OS. The number of hydrogen-bond donors (Lipinski definition) is 3. The number of guanidine groups is 1. The molecule has 1 amide bonds. The van der Waals surface area contributed by atoms with E-state index in [1.54, 1.807) is 0 Å². The van der Waals surface area contributed by atoms with Gasteiger partial charge in [-0.15, -0.1) is 35.3 Å². The fourth-order valence-corrected chi connectivity index (χ4v) is 4.46. The molecule has 0 bridgehead atoms. The number of carbonyl (C=O) groups is 1. The molecule has 1 aromatic carbocycles.